The molecule has 2 bridgehead atoms. The molecule has 7 nitrogen and oxygen atoms in total. The van der Waals surface area contributed by atoms with Crippen molar-refractivity contribution in [1.82, 2.24) is 9.47 Å². The van der Waals surface area contributed by atoms with E-state index >= 15 is 0 Å². The van der Waals surface area contributed by atoms with Gasteiger partial charge in [0, 0.05) is 42.9 Å². The summed E-state index contributed by atoms with van der Waals surface area (Å²) in [5.41, 5.74) is 3.38. The third kappa shape index (κ3) is 3.42. The van der Waals surface area contributed by atoms with Gasteiger partial charge < -0.3 is 18.6 Å². The van der Waals surface area contributed by atoms with Crippen LogP contribution in [-0.2, 0) is 11.3 Å². The fourth-order valence-electron chi connectivity index (χ4n) is 5.13. The molecule has 0 saturated carbocycles. The molecule has 1 amide bonds. The van der Waals surface area contributed by atoms with Gasteiger partial charge in [-0.2, -0.15) is 0 Å². The number of carbonyl (C=O) groups excluding carboxylic acids is 1. The first-order valence-electron chi connectivity index (χ1n) is 11.0. The molecule has 0 radical (unpaired) electrons. The van der Waals surface area contributed by atoms with Crippen LogP contribution in [0.25, 0.3) is 11.0 Å². The van der Waals surface area contributed by atoms with Crippen molar-refractivity contribution >= 4 is 16.9 Å². The maximum Gasteiger partial charge on any atom is 0.339 e. The molecule has 2 aliphatic heterocycles. The summed E-state index contributed by atoms with van der Waals surface area (Å²) < 4.78 is 13.3. The lowest BCUT2D eigenvalue weighted by Gasteiger charge is -2.42. The molecule has 0 N–H and O–H groups in total. The molecule has 1 saturated heterocycles. The number of rotatable bonds is 3. The second kappa shape index (κ2) is 7.65. The van der Waals surface area contributed by atoms with Crippen LogP contribution in [0.3, 0.4) is 0 Å². The third-order valence-electron chi connectivity index (χ3n) is 6.84. The Hall–Kier alpha value is -3.35. The topological polar surface area (TPSA) is 81.8 Å². The highest BCUT2D eigenvalue weighted by Gasteiger charge is 2.36. The van der Waals surface area contributed by atoms with Gasteiger partial charge in [-0.15, -0.1) is 0 Å². The number of ether oxygens (including phenoxy) is 1. The summed E-state index contributed by atoms with van der Waals surface area (Å²) in [6.45, 7) is 7.27. The first-order valence-corrected chi connectivity index (χ1v) is 11.0. The Labute approximate surface area is 185 Å². The summed E-state index contributed by atoms with van der Waals surface area (Å²) in [6.07, 6.45) is 0.994. The van der Waals surface area contributed by atoms with Crippen molar-refractivity contribution in [2.45, 2.75) is 39.7 Å². The van der Waals surface area contributed by atoms with Gasteiger partial charge >= 0.3 is 5.63 Å². The molecule has 0 unspecified atom stereocenters. The van der Waals surface area contributed by atoms with E-state index < -0.39 is 0 Å². The van der Waals surface area contributed by atoms with Gasteiger partial charge in [-0.25, -0.2) is 4.79 Å². The van der Waals surface area contributed by atoms with E-state index in [2.05, 4.69) is 0 Å². The van der Waals surface area contributed by atoms with Gasteiger partial charge in [0.1, 0.15) is 11.3 Å². The normalized spacial score (nSPS) is 19.7. The monoisotopic (exact) mass is 434 g/mol. The van der Waals surface area contributed by atoms with Crippen molar-refractivity contribution in [2.75, 3.05) is 19.7 Å². The highest BCUT2D eigenvalue weighted by Crippen LogP contribution is 2.35. The van der Waals surface area contributed by atoms with Crippen molar-refractivity contribution < 1.29 is 13.9 Å². The van der Waals surface area contributed by atoms with Crippen molar-refractivity contribution in [1.29, 1.82) is 0 Å². The zero-order valence-corrected chi connectivity index (χ0v) is 18.5. The van der Waals surface area contributed by atoms with Crippen molar-refractivity contribution in [3.63, 3.8) is 0 Å². The van der Waals surface area contributed by atoms with Gasteiger partial charge in [-0.3, -0.25) is 9.59 Å². The first kappa shape index (κ1) is 20.5. The zero-order valence-electron chi connectivity index (χ0n) is 18.5. The quantitative estimate of drug-likeness (QED) is 0.592. The number of aryl methyl sites for hydroxylation is 2. The van der Waals surface area contributed by atoms with Crippen LogP contribution >= 0.6 is 0 Å². The van der Waals surface area contributed by atoms with Crippen LogP contribution in [0.2, 0.25) is 0 Å². The van der Waals surface area contributed by atoms with E-state index in [1.165, 1.54) is 0 Å². The van der Waals surface area contributed by atoms with Crippen LogP contribution in [0.1, 0.15) is 34.7 Å². The standard InChI is InChI=1S/C25H26N2O5/c1-14-7-20(24-15(2)16(3)25(30)32-21(24)8-14)31-13-23(29)26-10-17-9-18(12-26)19-5-4-6-22(28)27(19)11-17/h4-8,17-18H,9-13H2,1-3H3/t17-,18+/m0/s1. The van der Waals surface area contributed by atoms with E-state index in [0.29, 0.717) is 36.5 Å². The van der Waals surface area contributed by atoms with E-state index in [4.69, 9.17) is 9.15 Å². The molecule has 7 heteroatoms. The SMILES string of the molecule is Cc1cc(OCC(=O)N2C[C@@H]3C[C@H](C2)c2cccc(=O)n2C3)c2c(C)c(C)c(=O)oc2c1. The van der Waals surface area contributed by atoms with E-state index in [9.17, 15) is 14.4 Å². The number of hydrogen-bond acceptors (Lipinski definition) is 5. The average molecular weight is 434 g/mol. The molecule has 0 aliphatic carbocycles. The Morgan fingerprint density at radius 3 is 2.72 bits per heavy atom. The summed E-state index contributed by atoms with van der Waals surface area (Å²) in [7, 11) is 0. The lowest BCUT2D eigenvalue weighted by molar-refractivity contribution is -0.136. The van der Waals surface area contributed by atoms with Crippen LogP contribution in [0, 0.1) is 26.7 Å². The van der Waals surface area contributed by atoms with Gasteiger partial charge in [0.05, 0.1) is 5.39 Å². The lowest BCUT2D eigenvalue weighted by atomic mass is 9.83. The first-order chi connectivity index (χ1) is 15.3. The van der Waals surface area contributed by atoms with Crippen LogP contribution in [0.5, 0.6) is 5.75 Å². The summed E-state index contributed by atoms with van der Waals surface area (Å²) in [5, 5.41) is 0.726. The smallest absolute Gasteiger partial charge is 0.339 e. The number of pyridine rings is 1. The number of likely N-dealkylation sites (tertiary alicyclic amines) is 1. The van der Waals surface area contributed by atoms with E-state index in [0.717, 1.165) is 28.6 Å². The molecule has 2 aromatic heterocycles. The fourth-order valence-corrected chi connectivity index (χ4v) is 5.13. The molecule has 1 aromatic carbocycles. The highest BCUT2D eigenvalue weighted by molar-refractivity contribution is 5.88. The number of amides is 1. The minimum absolute atomic E-state index is 0.0314. The molecule has 2 atom stereocenters. The minimum atomic E-state index is -0.359. The number of aromatic nitrogens is 1. The average Bonchev–Trinajstić information content (AvgIpc) is 2.76. The Morgan fingerprint density at radius 1 is 1.09 bits per heavy atom. The minimum Gasteiger partial charge on any atom is -0.483 e. The largest absolute Gasteiger partial charge is 0.483 e. The van der Waals surface area contributed by atoms with Crippen molar-refractivity contribution in [3.8, 4) is 5.75 Å². The van der Waals surface area contributed by atoms with E-state index in [1.807, 2.05) is 41.5 Å². The van der Waals surface area contributed by atoms with Crippen molar-refractivity contribution in [3.05, 3.63) is 73.5 Å². The molecular weight excluding hydrogens is 408 g/mol. The predicted octanol–water partition coefficient (Wildman–Crippen LogP) is 2.90. The van der Waals surface area contributed by atoms with E-state index in [1.54, 1.807) is 19.1 Å². The van der Waals surface area contributed by atoms with Crippen LogP contribution in [0.4, 0.5) is 0 Å². The highest BCUT2D eigenvalue weighted by atomic mass is 16.5. The molecule has 5 rings (SSSR count). The van der Waals surface area contributed by atoms with Gasteiger partial charge in [0.2, 0.25) is 0 Å². The zero-order chi connectivity index (χ0) is 22.6. The second-order valence-electron chi connectivity index (χ2n) is 9.06. The van der Waals surface area contributed by atoms with Gasteiger partial charge in [0.15, 0.2) is 6.61 Å². The summed E-state index contributed by atoms with van der Waals surface area (Å²) in [6, 6.07) is 9.06. The molecule has 1 fully saturated rings. The second-order valence-corrected chi connectivity index (χ2v) is 9.06. The molecule has 4 heterocycles. The maximum atomic E-state index is 13.1. The van der Waals surface area contributed by atoms with Crippen LogP contribution in [0.15, 0.2) is 44.3 Å². The molecule has 3 aromatic rings. The Balaban J connectivity index is 1.37. The Bertz CT molecular complexity index is 1350. The molecular formula is C25H26N2O5. The molecule has 0 spiro atoms. The Kier molecular flexibility index (Phi) is 4.92. The third-order valence-corrected chi connectivity index (χ3v) is 6.84. The summed E-state index contributed by atoms with van der Waals surface area (Å²) in [5.74, 6) is 0.906. The fraction of sp³-hybridized carbons (Fsp3) is 0.400. The van der Waals surface area contributed by atoms with Crippen molar-refractivity contribution in [2.24, 2.45) is 5.92 Å². The molecule has 2 aliphatic rings. The summed E-state index contributed by atoms with van der Waals surface area (Å²) in [4.78, 5) is 39.2. The number of nitrogens with zero attached hydrogens (tertiary/aromatic N) is 2. The number of piperidine rings is 1. The number of carbonyl (C=O) groups is 1. The number of fused-ring (bicyclic) bond motifs is 5. The maximum absolute atomic E-state index is 13.1. The number of hydrogen-bond donors (Lipinski definition) is 0. The van der Waals surface area contributed by atoms with Gasteiger partial charge in [-0.1, -0.05) is 6.07 Å². The Morgan fingerprint density at radius 2 is 1.91 bits per heavy atom. The number of benzene rings is 1. The lowest BCUT2D eigenvalue weighted by Crippen LogP contribution is -2.50. The molecule has 166 valence electrons. The van der Waals surface area contributed by atoms with Crippen LogP contribution in [-0.4, -0.2) is 35.1 Å². The van der Waals surface area contributed by atoms with E-state index in [-0.39, 0.29) is 35.5 Å². The summed E-state index contributed by atoms with van der Waals surface area (Å²) >= 11 is 0. The molecule has 32 heavy (non-hydrogen) atoms. The van der Waals surface area contributed by atoms with Gasteiger partial charge in [-0.05, 0) is 62.4 Å². The van der Waals surface area contributed by atoms with Crippen LogP contribution < -0.4 is 15.9 Å². The van der Waals surface area contributed by atoms with Gasteiger partial charge in [0.25, 0.3) is 11.5 Å². The predicted molar refractivity (Wildman–Crippen MR) is 120 cm³/mol.